The van der Waals surface area contributed by atoms with Gasteiger partial charge >= 0.3 is 0 Å². The summed E-state index contributed by atoms with van der Waals surface area (Å²) in [6, 6.07) is 28.9. The van der Waals surface area contributed by atoms with Crippen LogP contribution < -0.4 is 0 Å². The number of rotatable bonds is 10. The molecule has 0 saturated carbocycles. The Hall–Kier alpha value is -2.61. The lowest BCUT2D eigenvalue weighted by molar-refractivity contribution is -0.296. The van der Waals surface area contributed by atoms with E-state index in [-0.39, 0.29) is 19.8 Å². The van der Waals surface area contributed by atoms with E-state index in [1.54, 1.807) is 0 Å². The monoisotopic (exact) mass is 452 g/mol. The van der Waals surface area contributed by atoms with Crippen LogP contribution >= 0.6 is 0 Å². The maximum atomic E-state index is 15.1. The molecule has 4 rings (SSSR count). The molecule has 0 amide bonds. The van der Waals surface area contributed by atoms with E-state index >= 15 is 4.39 Å². The molecule has 0 aliphatic carbocycles. The second kappa shape index (κ2) is 12.0. The fourth-order valence-electron chi connectivity index (χ4n) is 3.88. The van der Waals surface area contributed by atoms with Crippen LogP contribution in [0.5, 0.6) is 0 Å². The first-order chi connectivity index (χ1) is 16.2. The Morgan fingerprint density at radius 1 is 0.606 bits per heavy atom. The van der Waals surface area contributed by atoms with Crippen LogP contribution in [0.15, 0.2) is 91.0 Å². The van der Waals surface area contributed by atoms with Crippen LogP contribution in [0.25, 0.3) is 0 Å². The molecule has 1 heterocycles. The van der Waals surface area contributed by atoms with Gasteiger partial charge in [-0.3, -0.25) is 0 Å². The number of halogens is 1. The van der Waals surface area contributed by atoms with Crippen LogP contribution in [0.3, 0.4) is 0 Å². The van der Waals surface area contributed by atoms with Crippen molar-refractivity contribution in [1.82, 2.24) is 0 Å². The minimum atomic E-state index is -1.76. The SMILES string of the molecule is OCC1OC(F)C(OCc2ccccc2)[C@H](OCc2ccccc2)[C@H]1OCc1ccccc1. The summed E-state index contributed by atoms with van der Waals surface area (Å²) in [6.07, 6.45) is -5.15. The standard InChI is InChI=1S/C27H29FO5/c28-27-26(32-19-22-14-8-3-9-15-22)25(31-18-21-12-6-2-7-13-21)24(23(16-29)33-27)30-17-20-10-4-1-5-11-20/h1-15,23-27,29H,16-19H2/t23?,24-,25+,26?,27?/m0/s1. The Kier molecular flexibility index (Phi) is 8.58. The summed E-state index contributed by atoms with van der Waals surface area (Å²) in [7, 11) is 0. The molecule has 5 atom stereocenters. The predicted molar refractivity (Wildman–Crippen MR) is 122 cm³/mol. The van der Waals surface area contributed by atoms with Crippen molar-refractivity contribution in [3.05, 3.63) is 108 Å². The van der Waals surface area contributed by atoms with Gasteiger partial charge in [0.25, 0.3) is 0 Å². The van der Waals surface area contributed by atoms with Gasteiger partial charge in [0.15, 0.2) is 0 Å². The molecule has 0 bridgehead atoms. The number of hydrogen-bond acceptors (Lipinski definition) is 5. The number of ether oxygens (including phenoxy) is 4. The maximum absolute atomic E-state index is 15.1. The van der Waals surface area contributed by atoms with Gasteiger partial charge in [0.1, 0.15) is 24.4 Å². The molecule has 3 aromatic rings. The fourth-order valence-corrected chi connectivity index (χ4v) is 3.88. The number of hydrogen-bond donors (Lipinski definition) is 1. The summed E-state index contributed by atoms with van der Waals surface area (Å²) in [5.74, 6) is 0. The summed E-state index contributed by atoms with van der Waals surface area (Å²) in [5, 5.41) is 9.91. The van der Waals surface area contributed by atoms with E-state index in [2.05, 4.69) is 0 Å². The number of aliphatic hydroxyl groups excluding tert-OH is 1. The average Bonchev–Trinajstić information content (AvgIpc) is 2.87. The summed E-state index contributed by atoms with van der Waals surface area (Å²) in [4.78, 5) is 0. The highest BCUT2D eigenvalue weighted by molar-refractivity contribution is 5.15. The maximum Gasteiger partial charge on any atom is 0.228 e. The molecule has 3 aromatic carbocycles. The van der Waals surface area contributed by atoms with Crippen LogP contribution in [-0.2, 0) is 38.8 Å². The summed E-state index contributed by atoms with van der Waals surface area (Å²) in [6.45, 7) is 0.345. The van der Waals surface area contributed by atoms with Gasteiger partial charge in [0.05, 0.1) is 26.4 Å². The van der Waals surface area contributed by atoms with Crippen molar-refractivity contribution >= 4 is 0 Å². The second-order valence-corrected chi connectivity index (χ2v) is 7.99. The topological polar surface area (TPSA) is 57.2 Å². The molecule has 1 fully saturated rings. The molecule has 0 aromatic heterocycles. The number of benzene rings is 3. The van der Waals surface area contributed by atoms with Gasteiger partial charge in [0.2, 0.25) is 6.36 Å². The second-order valence-electron chi connectivity index (χ2n) is 7.99. The van der Waals surface area contributed by atoms with Gasteiger partial charge in [-0.15, -0.1) is 0 Å². The van der Waals surface area contributed by atoms with Crippen LogP contribution in [-0.4, -0.2) is 42.5 Å². The zero-order valence-corrected chi connectivity index (χ0v) is 18.3. The molecule has 1 saturated heterocycles. The summed E-state index contributed by atoms with van der Waals surface area (Å²) in [5.41, 5.74) is 2.82. The third kappa shape index (κ3) is 6.47. The molecule has 33 heavy (non-hydrogen) atoms. The minimum absolute atomic E-state index is 0.204. The molecule has 0 spiro atoms. The normalized spacial score (nSPS) is 25.1. The van der Waals surface area contributed by atoms with Gasteiger partial charge < -0.3 is 24.1 Å². The van der Waals surface area contributed by atoms with E-state index in [0.29, 0.717) is 0 Å². The van der Waals surface area contributed by atoms with Crippen molar-refractivity contribution in [2.45, 2.75) is 50.6 Å². The average molecular weight is 453 g/mol. The Labute approximate surface area is 193 Å². The van der Waals surface area contributed by atoms with Gasteiger partial charge in [0, 0.05) is 0 Å². The molecule has 0 radical (unpaired) electrons. The van der Waals surface area contributed by atoms with Crippen LogP contribution in [0.4, 0.5) is 4.39 Å². The van der Waals surface area contributed by atoms with Gasteiger partial charge in [-0.1, -0.05) is 91.0 Å². The smallest absolute Gasteiger partial charge is 0.228 e. The summed E-state index contributed by atoms with van der Waals surface area (Å²) < 4.78 is 38.9. The third-order valence-electron chi connectivity index (χ3n) is 5.61. The van der Waals surface area contributed by atoms with Crippen LogP contribution in [0.1, 0.15) is 16.7 Å². The predicted octanol–water partition coefficient (Wildman–Crippen LogP) is 4.43. The fraction of sp³-hybridized carbons (Fsp3) is 0.333. The highest BCUT2D eigenvalue weighted by atomic mass is 19.1. The molecular weight excluding hydrogens is 423 g/mol. The molecule has 6 heteroatoms. The zero-order chi connectivity index (χ0) is 22.9. The van der Waals surface area contributed by atoms with Crippen LogP contribution in [0, 0.1) is 0 Å². The molecule has 3 unspecified atom stereocenters. The van der Waals surface area contributed by atoms with Crippen LogP contribution in [0.2, 0.25) is 0 Å². The molecule has 1 aliphatic heterocycles. The van der Waals surface area contributed by atoms with E-state index in [1.165, 1.54) is 0 Å². The molecular formula is C27H29FO5. The Morgan fingerprint density at radius 3 is 1.42 bits per heavy atom. The van der Waals surface area contributed by atoms with Crippen molar-refractivity contribution in [2.75, 3.05) is 6.61 Å². The lowest BCUT2D eigenvalue weighted by Gasteiger charge is -2.43. The van der Waals surface area contributed by atoms with E-state index in [9.17, 15) is 5.11 Å². The largest absolute Gasteiger partial charge is 0.394 e. The van der Waals surface area contributed by atoms with Crippen molar-refractivity contribution in [2.24, 2.45) is 0 Å². The van der Waals surface area contributed by atoms with E-state index < -0.39 is 37.4 Å². The Balaban J connectivity index is 1.53. The lowest BCUT2D eigenvalue weighted by atomic mass is 9.98. The first-order valence-electron chi connectivity index (χ1n) is 11.1. The number of aliphatic hydroxyl groups is 1. The van der Waals surface area contributed by atoms with Gasteiger partial charge in [-0.25, -0.2) is 4.39 Å². The molecule has 1 N–H and O–H groups in total. The Bertz CT molecular complexity index is 941. The summed E-state index contributed by atoms with van der Waals surface area (Å²) >= 11 is 0. The first-order valence-corrected chi connectivity index (χ1v) is 11.1. The molecule has 5 nitrogen and oxygen atoms in total. The van der Waals surface area contributed by atoms with E-state index in [4.69, 9.17) is 18.9 Å². The van der Waals surface area contributed by atoms with E-state index in [1.807, 2.05) is 91.0 Å². The van der Waals surface area contributed by atoms with Crippen molar-refractivity contribution in [3.8, 4) is 0 Å². The molecule has 1 aliphatic rings. The van der Waals surface area contributed by atoms with Gasteiger partial charge in [-0.2, -0.15) is 0 Å². The lowest BCUT2D eigenvalue weighted by Crippen LogP contribution is -2.59. The van der Waals surface area contributed by atoms with E-state index in [0.717, 1.165) is 16.7 Å². The number of alkyl halides is 1. The van der Waals surface area contributed by atoms with Gasteiger partial charge in [-0.05, 0) is 16.7 Å². The zero-order valence-electron chi connectivity index (χ0n) is 18.3. The van der Waals surface area contributed by atoms with Crippen molar-refractivity contribution in [3.63, 3.8) is 0 Å². The van der Waals surface area contributed by atoms with Crippen molar-refractivity contribution in [1.29, 1.82) is 0 Å². The third-order valence-corrected chi connectivity index (χ3v) is 5.61. The Morgan fingerprint density at radius 2 is 1.00 bits per heavy atom. The minimum Gasteiger partial charge on any atom is -0.394 e. The molecule has 174 valence electrons. The quantitative estimate of drug-likeness (QED) is 0.493. The highest BCUT2D eigenvalue weighted by Crippen LogP contribution is 2.30. The first kappa shape index (κ1) is 23.5. The van der Waals surface area contributed by atoms with Crippen molar-refractivity contribution < 1.29 is 28.4 Å². The highest BCUT2D eigenvalue weighted by Gasteiger charge is 2.48.